The number of carbonyl (C=O) groups is 1. The Morgan fingerprint density at radius 1 is 1.37 bits per heavy atom. The molecule has 3 aromatic heterocycles. The SMILES string of the molecule is CCOC(=O)c1cnc2c(c(C)nn2C)c1N1CCc2[nH]c3ccc(F)cc3c2C1. The molecule has 1 aliphatic rings. The molecule has 1 aromatic carbocycles. The minimum absolute atomic E-state index is 0.261. The van der Waals surface area contributed by atoms with Gasteiger partial charge in [-0.15, -0.1) is 0 Å². The second kappa shape index (κ2) is 6.83. The van der Waals surface area contributed by atoms with E-state index in [0.29, 0.717) is 24.3 Å². The van der Waals surface area contributed by atoms with Gasteiger partial charge < -0.3 is 14.6 Å². The monoisotopic (exact) mass is 407 g/mol. The zero-order valence-corrected chi connectivity index (χ0v) is 17.1. The average molecular weight is 407 g/mol. The van der Waals surface area contributed by atoms with Crippen LogP contribution in [-0.2, 0) is 24.8 Å². The predicted octanol–water partition coefficient (Wildman–Crippen LogP) is 3.64. The van der Waals surface area contributed by atoms with Crippen LogP contribution in [0.4, 0.5) is 10.1 Å². The van der Waals surface area contributed by atoms with Crippen LogP contribution in [0.5, 0.6) is 0 Å². The number of pyridine rings is 1. The van der Waals surface area contributed by atoms with Gasteiger partial charge in [0.15, 0.2) is 5.65 Å². The molecule has 0 saturated carbocycles. The lowest BCUT2D eigenvalue weighted by molar-refractivity contribution is 0.0526. The van der Waals surface area contributed by atoms with Gasteiger partial charge in [0.25, 0.3) is 0 Å². The minimum Gasteiger partial charge on any atom is -0.462 e. The molecule has 4 heterocycles. The van der Waals surface area contributed by atoms with Crippen LogP contribution in [0.3, 0.4) is 0 Å². The van der Waals surface area contributed by atoms with E-state index in [1.165, 1.54) is 6.07 Å². The number of hydrogen-bond acceptors (Lipinski definition) is 5. The molecule has 4 aromatic rings. The maximum atomic E-state index is 13.9. The molecule has 0 bridgehead atoms. The second-order valence-electron chi connectivity index (χ2n) is 7.59. The van der Waals surface area contributed by atoms with Crippen molar-refractivity contribution in [2.45, 2.75) is 26.8 Å². The van der Waals surface area contributed by atoms with E-state index in [9.17, 15) is 9.18 Å². The first-order valence-electron chi connectivity index (χ1n) is 10.0. The number of rotatable bonds is 3. The molecule has 0 saturated heterocycles. The number of H-pyrrole nitrogens is 1. The van der Waals surface area contributed by atoms with Crippen LogP contribution in [0.25, 0.3) is 21.9 Å². The fourth-order valence-electron chi connectivity index (χ4n) is 4.46. The zero-order chi connectivity index (χ0) is 21.0. The van der Waals surface area contributed by atoms with E-state index in [-0.39, 0.29) is 12.4 Å². The van der Waals surface area contributed by atoms with E-state index in [1.54, 1.807) is 29.9 Å². The summed E-state index contributed by atoms with van der Waals surface area (Å²) in [5, 5.41) is 6.23. The number of aryl methyl sites for hydroxylation is 2. The lowest BCUT2D eigenvalue weighted by Crippen LogP contribution is -2.32. The Labute approximate surface area is 172 Å². The Balaban J connectivity index is 1.69. The van der Waals surface area contributed by atoms with Gasteiger partial charge in [0.05, 0.1) is 23.4 Å². The Bertz CT molecular complexity index is 1310. The highest BCUT2D eigenvalue weighted by Crippen LogP contribution is 2.37. The summed E-state index contributed by atoms with van der Waals surface area (Å²) < 4.78 is 20.9. The van der Waals surface area contributed by atoms with Crippen molar-refractivity contribution in [1.82, 2.24) is 19.7 Å². The molecule has 1 aliphatic heterocycles. The standard InChI is InChI=1S/C22H22FN5O2/c1-4-30-22(29)15-10-24-21-19(12(2)26-27(21)3)20(15)28-8-7-18-16(11-28)14-9-13(23)5-6-17(14)25-18/h5-6,9-10,25H,4,7-8,11H2,1-3H3. The Morgan fingerprint density at radius 3 is 3.00 bits per heavy atom. The minimum atomic E-state index is -0.402. The summed E-state index contributed by atoms with van der Waals surface area (Å²) in [5.41, 5.74) is 5.81. The number of fused-ring (bicyclic) bond motifs is 4. The second-order valence-corrected chi connectivity index (χ2v) is 7.59. The Morgan fingerprint density at radius 2 is 2.20 bits per heavy atom. The fraction of sp³-hybridized carbons (Fsp3) is 0.318. The third-order valence-electron chi connectivity index (χ3n) is 5.75. The molecule has 7 nitrogen and oxygen atoms in total. The number of anilines is 1. The number of carbonyl (C=O) groups excluding carboxylic acids is 1. The quantitative estimate of drug-likeness (QED) is 0.525. The van der Waals surface area contributed by atoms with Crippen LogP contribution in [0.2, 0.25) is 0 Å². The first-order chi connectivity index (χ1) is 14.5. The maximum Gasteiger partial charge on any atom is 0.341 e. The number of esters is 1. The predicted molar refractivity (Wildman–Crippen MR) is 112 cm³/mol. The molecule has 0 atom stereocenters. The van der Waals surface area contributed by atoms with Crippen molar-refractivity contribution in [2.24, 2.45) is 7.05 Å². The lowest BCUT2D eigenvalue weighted by atomic mass is 10.0. The highest BCUT2D eigenvalue weighted by Gasteiger charge is 2.28. The number of aromatic amines is 1. The molecule has 0 amide bonds. The molecule has 30 heavy (non-hydrogen) atoms. The molecule has 0 fully saturated rings. The smallest absolute Gasteiger partial charge is 0.341 e. The van der Waals surface area contributed by atoms with Crippen molar-refractivity contribution in [3.8, 4) is 0 Å². The number of nitrogens with zero attached hydrogens (tertiary/aromatic N) is 4. The van der Waals surface area contributed by atoms with Crippen LogP contribution in [0, 0.1) is 12.7 Å². The van der Waals surface area contributed by atoms with Crippen molar-refractivity contribution in [1.29, 1.82) is 0 Å². The highest BCUT2D eigenvalue weighted by atomic mass is 19.1. The molecular weight excluding hydrogens is 385 g/mol. The van der Waals surface area contributed by atoms with E-state index in [4.69, 9.17) is 4.74 Å². The van der Waals surface area contributed by atoms with Crippen LogP contribution in [0.1, 0.15) is 34.2 Å². The number of halogens is 1. The van der Waals surface area contributed by atoms with Crippen molar-refractivity contribution in [3.05, 3.63) is 52.7 Å². The van der Waals surface area contributed by atoms with Crippen LogP contribution in [-0.4, -0.2) is 38.9 Å². The van der Waals surface area contributed by atoms with Crippen LogP contribution in [0.15, 0.2) is 24.4 Å². The van der Waals surface area contributed by atoms with Gasteiger partial charge >= 0.3 is 5.97 Å². The van der Waals surface area contributed by atoms with E-state index in [2.05, 4.69) is 20.0 Å². The van der Waals surface area contributed by atoms with Crippen molar-refractivity contribution in [2.75, 3.05) is 18.1 Å². The molecule has 8 heteroatoms. The first-order valence-corrected chi connectivity index (χ1v) is 10.0. The summed E-state index contributed by atoms with van der Waals surface area (Å²) in [4.78, 5) is 22.8. The topological polar surface area (TPSA) is 76.0 Å². The van der Waals surface area contributed by atoms with E-state index < -0.39 is 5.97 Å². The fourth-order valence-corrected chi connectivity index (χ4v) is 4.46. The van der Waals surface area contributed by atoms with Gasteiger partial charge in [0, 0.05) is 54.9 Å². The van der Waals surface area contributed by atoms with Gasteiger partial charge in [0.1, 0.15) is 11.4 Å². The van der Waals surface area contributed by atoms with Crippen LogP contribution >= 0.6 is 0 Å². The molecule has 1 N–H and O–H groups in total. The van der Waals surface area contributed by atoms with Gasteiger partial charge in [-0.05, 0) is 32.0 Å². The largest absolute Gasteiger partial charge is 0.462 e. The van der Waals surface area contributed by atoms with Gasteiger partial charge in [-0.1, -0.05) is 0 Å². The molecule has 0 radical (unpaired) electrons. The summed E-state index contributed by atoms with van der Waals surface area (Å²) >= 11 is 0. The first kappa shape index (κ1) is 18.6. The Kier molecular flexibility index (Phi) is 4.23. The van der Waals surface area contributed by atoms with Crippen molar-refractivity contribution in [3.63, 3.8) is 0 Å². The summed E-state index contributed by atoms with van der Waals surface area (Å²) in [5.74, 6) is -0.663. The number of hydrogen-bond donors (Lipinski definition) is 1. The van der Waals surface area contributed by atoms with E-state index in [0.717, 1.165) is 45.3 Å². The van der Waals surface area contributed by atoms with Gasteiger partial charge in [-0.2, -0.15) is 5.10 Å². The molecule has 154 valence electrons. The zero-order valence-electron chi connectivity index (χ0n) is 17.1. The normalized spacial score (nSPS) is 13.8. The van der Waals surface area contributed by atoms with Gasteiger partial charge in [-0.3, -0.25) is 4.68 Å². The summed E-state index contributed by atoms with van der Waals surface area (Å²) in [6, 6.07) is 4.80. The van der Waals surface area contributed by atoms with Crippen molar-refractivity contribution < 1.29 is 13.9 Å². The average Bonchev–Trinajstić information content (AvgIpc) is 3.23. The van der Waals surface area contributed by atoms with Gasteiger partial charge in [0.2, 0.25) is 0 Å². The number of ether oxygens (including phenoxy) is 1. The third-order valence-corrected chi connectivity index (χ3v) is 5.75. The number of benzene rings is 1. The lowest BCUT2D eigenvalue weighted by Gasteiger charge is -2.31. The molecular formula is C22H22FN5O2. The van der Waals surface area contributed by atoms with E-state index >= 15 is 0 Å². The molecule has 0 spiro atoms. The molecule has 0 unspecified atom stereocenters. The van der Waals surface area contributed by atoms with Crippen LogP contribution < -0.4 is 4.90 Å². The molecule has 0 aliphatic carbocycles. The molecule has 5 rings (SSSR count). The highest BCUT2D eigenvalue weighted by molar-refractivity contribution is 6.05. The third kappa shape index (κ3) is 2.74. The van der Waals surface area contributed by atoms with Gasteiger partial charge in [-0.25, -0.2) is 14.2 Å². The van der Waals surface area contributed by atoms with Crippen molar-refractivity contribution >= 4 is 33.6 Å². The summed E-state index contributed by atoms with van der Waals surface area (Å²) in [7, 11) is 1.84. The van der Waals surface area contributed by atoms with E-state index in [1.807, 2.05) is 14.0 Å². The summed E-state index contributed by atoms with van der Waals surface area (Å²) in [6.45, 7) is 5.25. The number of nitrogens with one attached hydrogen (secondary N) is 1. The maximum absolute atomic E-state index is 13.9. The Hall–Kier alpha value is -3.42. The number of aromatic nitrogens is 4. The summed E-state index contributed by atoms with van der Waals surface area (Å²) in [6.07, 6.45) is 2.33.